The highest BCUT2D eigenvalue weighted by Gasteiger charge is 1.72. The van der Waals surface area contributed by atoms with Crippen LogP contribution in [-0.4, -0.2) is 0 Å². The molecule has 0 atom stereocenters. The van der Waals surface area contributed by atoms with Crippen LogP contribution in [0.15, 0.2) is 60.7 Å². The van der Waals surface area contributed by atoms with Gasteiger partial charge in [-0.15, -0.1) is 0 Å². The van der Waals surface area contributed by atoms with Gasteiger partial charge in [-0.3, -0.25) is 0 Å². The van der Waals surface area contributed by atoms with Crippen molar-refractivity contribution in [1.82, 2.24) is 0 Å². The largest absolute Gasteiger partial charge is 0.0622 e. The van der Waals surface area contributed by atoms with E-state index in [1.54, 1.807) is 0 Å². The van der Waals surface area contributed by atoms with Crippen molar-refractivity contribution in [3.05, 3.63) is 71.8 Å². The van der Waals surface area contributed by atoms with Gasteiger partial charge in [-0.2, -0.15) is 0 Å². The summed E-state index contributed by atoms with van der Waals surface area (Å²) in [4.78, 5) is 0. The molecule has 14 heavy (non-hydrogen) atoms. The van der Waals surface area contributed by atoms with Crippen LogP contribution in [0.2, 0.25) is 0 Å². The molecule has 0 aliphatic rings. The van der Waals surface area contributed by atoms with E-state index in [1.165, 1.54) is 11.1 Å². The zero-order valence-electron chi connectivity index (χ0n) is 8.77. The second-order valence-electron chi connectivity index (χ2n) is 3.31. The van der Waals surface area contributed by atoms with Gasteiger partial charge in [-0.1, -0.05) is 71.8 Å². The zero-order chi connectivity index (χ0) is 10.2. The van der Waals surface area contributed by atoms with Crippen LogP contribution in [-0.2, 0) is 0 Å². The summed E-state index contributed by atoms with van der Waals surface area (Å²) in [7, 11) is 0. The molecule has 2 rings (SSSR count). The van der Waals surface area contributed by atoms with Gasteiger partial charge in [0, 0.05) is 1.43 Å². The van der Waals surface area contributed by atoms with E-state index in [2.05, 4.69) is 38.1 Å². The molecule has 0 aliphatic carbocycles. The van der Waals surface area contributed by atoms with E-state index in [0.29, 0.717) is 0 Å². The minimum atomic E-state index is 0. The summed E-state index contributed by atoms with van der Waals surface area (Å²) in [6, 6.07) is 20.5. The summed E-state index contributed by atoms with van der Waals surface area (Å²) in [5, 5.41) is 0. The summed E-state index contributed by atoms with van der Waals surface area (Å²) in [5.74, 6) is 0. The highest BCUT2D eigenvalue weighted by molar-refractivity contribution is 5.12. The van der Waals surface area contributed by atoms with Gasteiger partial charge in [0.15, 0.2) is 0 Å². The van der Waals surface area contributed by atoms with Gasteiger partial charge in [0.25, 0.3) is 0 Å². The van der Waals surface area contributed by atoms with Crippen LogP contribution < -0.4 is 0 Å². The van der Waals surface area contributed by atoms with Crippen molar-refractivity contribution in [2.75, 3.05) is 0 Å². The Morgan fingerprint density at radius 2 is 0.857 bits per heavy atom. The van der Waals surface area contributed by atoms with Crippen molar-refractivity contribution in [2.24, 2.45) is 0 Å². The summed E-state index contributed by atoms with van der Waals surface area (Å²) in [6.45, 7) is 4.17. The third-order valence-corrected chi connectivity index (χ3v) is 1.88. The monoisotopic (exact) mass is 186 g/mol. The Bertz CT molecular complexity index is 303. The van der Waals surface area contributed by atoms with Crippen molar-refractivity contribution < 1.29 is 1.43 Å². The molecule has 2 aromatic rings. The lowest BCUT2D eigenvalue weighted by atomic mass is 10.2. The molecule has 0 heterocycles. The van der Waals surface area contributed by atoms with Gasteiger partial charge >= 0.3 is 0 Å². The Hall–Kier alpha value is -1.56. The van der Waals surface area contributed by atoms with Crippen molar-refractivity contribution in [3.63, 3.8) is 0 Å². The molecule has 0 heteroatoms. The first-order valence-electron chi connectivity index (χ1n) is 4.82. The fourth-order valence-electron chi connectivity index (χ4n) is 1.07. The molecule has 0 unspecified atom stereocenters. The molecule has 0 fully saturated rings. The van der Waals surface area contributed by atoms with Gasteiger partial charge in [0.1, 0.15) is 0 Å². The average molecular weight is 186 g/mol. The zero-order valence-corrected chi connectivity index (χ0v) is 8.77. The quantitative estimate of drug-likeness (QED) is 0.577. The average Bonchev–Trinajstić information content (AvgIpc) is 2.21. The summed E-state index contributed by atoms with van der Waals surface area (Å²) in [6.07, 6.45) is 0. The highest BCUT2D eigenvalue weighted by atomic mass is 13.8. The smallest absolute Gasteiger partial charge is 0 e. The molecular weight excluding hydrogens is 168 g/mol. The third-order valence-electron chi connectivity index (χ3n) is 1.88. The van der Waals surface area contributed by atoms with Crippen molar-refractivity contribution in [3.8, 4) is 0 Å². The lowest BCUT2D eigenvalue weighted by molar-refractivity contribution is 1.48. The maximum atomic E-state index is 2.08. The van der Waals surface area contributed by atoms with E-state index in [9.17, 15) is 0 Å². The van der Waals surface area contributed by atoms with Crippen molar-refractivity contribution in [1.29, 1.82) is 0 Å². The van der Waals surface area contributed by atoms with Gasteiger partial charge in [0.2, 0.25) is 0 Å². The van der Waals surface area contributed by atoms with Gasteiger partial charge < -0.3 is 0 Å². The number of hydrogen-bond donors (Lipinski definition) is 0. The number of benzene rings is 2. The van der Waals surface area contributed by atoms with E-state index in [4.69, 9.17) is 0 Å². The molecule has 0 saturated heterocycles. The maximum absolute atomic E-state index is 2.08. The second kappa shape index (κ2) is 5.98. The standard InChI is InChI=1S/2C7H8.H2/c2*1-7-5-3-2-4-6-7;/h2*2-6H,1H3;1H. The molecule has 0 nitrogen and oxygen atoms in total. The van der Waals surface area contributed by atoms with E-state index < -0.39 is 0 Å². The number of hydrogen-bond acceptors (Lipinski definition) is 0. The fourth-order valence-corrected chi connectivity index (χ4v) is 1.07. The minimum absolute atomic E-state index is 0. The lowest BCUT2D eigenvalue weighted by Crippen LogP contribution is -1.62. The van der Waals surface area contributed by atoms with Crippen LogP contribution in [0.25, 0.3) is 0 Å². The molecule has 0 aliphatic heterocycles. The fraction of sp³-hybridized carbons (Fsp3) is 0.143. The summed E-state index contributed by atoms with van der Waals surface area (Å²) >= 11 is 0. The Morgan fingerprint density at radius 3 is 1.00 bits per heavy atom. The number of rotatable bonds is 0. The third kappa shape index (κ3) is 4.46. The van der Waals surface area contributed by atoms with Gasteiger partial charge in [-0.05, 0) is 13.8 Å². The Balaban J connectivity index is 0.000000245. The van der Waals surface area contributed by atoms with E-state index >= 15 is 0 Å². The second-order valence-corrected chi connectivity index (χ2v) is 3.31. The predicted octanol–water partition coefficient (Wildman–Crippen LogP) is 4.24. The van der Waals surface area contributed by atoms with Crippen LogP contribution >= 0.6 is 0 Å². The molecule has 74 valence electrons. The molecule has 0 saturated carbocycles. The maximum Gasteiger partial charge on any atom is 0 e. The molecule has 0 bridgehead atoms. The molecule has 0 N–H and O–H groups in total. The van der Waals surface area contributed by atoms with Crippen LogP contribution in [0.1, 0.15) is 12.6 Å². The molecule has 0 amide bonds. The highest BCUT2D eigenvalue weighted by Crippen LogP contribution is 1.92. The molecule has 0 aromatic heterocycles. The molecule has 0 spiro atoms. The van der Waals surface area contributed by atoms with Crippen LogP contribution in [0.5, 0.6) is 0 Å². The summed E-state index contributed by atoms with van der Waals surface area (Å²) < 4.78 is 0. The first kappa shape index (κ1) is 10.5. The first-order valence-corrected chi connectivity index (χ1v) is 4.82. The van der Waals surface area contributed by atoms with Gasteiger partial charge in [0.05, 0.1) is 0 Å². The van der Waals surface area contributed by atoms with Gasteiger partial charge in [-0.25, -0.2) is 0 Å². The molecule has 2 aromatic carbocycles. The molecular formula is C14H18. The lowest BCUT2D eigenvalue weighted by Gasteiger charge is -1.82. The normalized spacial score (nSPS) is 8.71. The van der Waals surface area contributed by atoms with Crippen molar-refractivity contribution in [2.45, 2.75) is 13.8 Å². The number of aryl methyl sites for hydroxylation is 2. The summed E-state index contributed by atoms with van der Waals surface area (Å²) in [5.41, 5.74) is 2.64. The van der Waals surface area contributed by atoms with Crippen LogP contribution in [0, 0.1) is 13.8 Å². The minimum Gasteiger partial charge on any atom is -0.0622 e. The van der Waals surface area contributed by atoms with E-state index in [0.717, 1.165) is 0 Å². The molecule has 0 radical (unpaired) electrons. The predicted molar refractivity (Wildman–Crippen MR) is 64.5 cm³/mol. The van der Waals surface area contributed by atoms with Crippen molar-refractivity contribution >= 4 is 0 Å². The SMILES string of the molecule is Cc1ccccc1.Cc1ccccc1.[HH]. The van der Waals surface area contributed by atoms with E-state index in [-0.39, 0.29) is 1.43 Å². The topological polar surface area (TPSA) is 0 Å². The van der Waals surface area contributed by atoms with E-state index in [1.807, 2.05) is 36.4 Å². The Morgan fingerprint density at radius 1 is 0.571 bits per heavy atom. The van der Waals surface area contributed by atoms with Crippen LogP contribution in [0.3, 0.4) is 0 Å². The first-order chi connectivity index (χ1) is 6.79. The van der Waals surface area contributed by atoms with Crippen LogP contribution in [0.4, 0.5) is 0 Å². The Kier molecular flexibility index (Phi) is 4.49. The Labute approximate surface area is 87.7 Å².